The first kappa shape index (κ1) is 15.5. The molecule has 21 heavy (non-hydrogen) atoms. The summed E-state index contributed by atoms with van der Waals surface area (Å²) < 4.78 is 0. The minimum atomic E-state index is -0.864. The molecule has 114 valence electrons. The smallest absolute Gasteiger partial charge is 0.307 e. The van der Waals surface area contributed by atoms with Crippen molar-refractivity contribution >= 4 is 11.9 Å². The highest BCUT2D eigenvalue weighted by Gasteiger charge is 2.27. The van der Waals surface area contributed by atoms with Crippen molar-refractivity contribution in [1.82, 2.24) is 10.6 Å². The third-order valence-corrected chi connectivity index (χ3v) is 3.97. The van der Waals surface area contributed by atoms with Gasteiger partial charge in [0.2, 0.25) is 5.91 Å². The van der Waals surface area contributed by atoms with Crippen LogP contribution in [-0.2, 0) is 22.6 Å². The molecule has 1 fully saturated rings. The molecular weight excluding hydrogens is 268 g/mol. The Morgan fingerprint density at radius 1 is 1.33 bits per heavy atom. The summed E-state index contributed by atoms with van der Waals surface area (Å²) in [5.74, 6) is -0.545. The Kier molecular flexibility index (Phi) is 5.33. The van der Waals surface area contributed by atoms with Crippen molar-refractivity contribution in [2.24, 2.45) is 5.92 Å². The molecule has 2 unspecified atom stereocenters. The summed E-state index contributed by atoms with van der Waals surface area (Å²) in [5.41, 5.74) is 1.60. The van der Waals surface area contributed by atoms with Gasteiger partial charge in [-0.1, -0.05) is 31.2 Å². The second-order valence-electron chi connectivity index (χ2n) is 5.61. The van der Waals surface area contributed by atoms with E-state index in [1.54, 1.807) is 6.07 Å². The third kappa shape index (κ3) is 4.29. The van der Waals surface area contributed by atoms with Crippen LogP contribution in [0.4, 0.5) is 0 Å². The van der Waals surface area contributed by atoms with Crippen molar-refractivity contribution < 1.29 is 14.7 Å². The van der Waals surface area contributed by atoms with E-state index in [0.29, 0.717) is 12.5 Å². The molecule has 0 spiro atoms. The molecular formula is C16H22N2O3. The van der Waals surface area contributed by atoms with E-state index >= 15 is 0 Å². The zero-order valence-electron chi connectivity index (χ0n) is 12.3. The maximum atomic E-state index is 12.2. The number of amides is 1. The number of rotatable bonds is 5. The molecule has 2 rings (SSSR count). The summed E-state index contributed by atoms with van der Waals surface area (Å²) in [6.45, 7) is 3.32. The SMILES string of the molecule is CC1CCCNC1C(=O)NCc1ccccc1CC(=O)O. The van der Waals surface area contributed by atoms with Crippen LogP contribution in [0.25, 0.3) is 0 Å². The van der Waals surface area contributed by atoms with Crippen molar-refractivity contribution in [3.05, 3.63) is 35.4 Å². The summed E-state index contributed by atoms with van der Waals surface area (Å²) in [6.07, 6.45) is 2.14. The van der Waals surface area contributed by atoms with Crippen LogP contribution in [0.15, 0.2) is 24.3 Å². The minimum Gasteiger partial charge on any atom is -0.481 e. The molecule has 0 saturated carbocycles. The van der Waals surface area contributed by atoms with Gasteiger partial charge in [-0.3, -0.25) is 9.59 Å². The predicted molar refractivity (Wildman–Crippen MR) is 79.8 cm³/mol. The van der Waals surface area contributed by atoms with E-state index in [0.717, 1.165) is 30.5 Å². The fourth-order valence-electron chi connectivity index (χ4n) is 2.76. The first-order chi connectivity index (χ1) is 10.1. The molecule has 0 aromatic heterocycles. The number of hydrogen-bond donors (Lipinski definition) is 3. The van der Waals surface area contributed by atoms with Crippen LogP contribution in [0.3, 0.4) is 0 Å². The zero-order valence-corrected chi connectivity index (χ0v) is 12.3. The molecule has 0 radical (unpaired) electrons. The second-order valence-corrected chi connectivity index (χ2v) is 5.61. The van der Waals surface area contributed by atoms with E-state index in [2.05, 4.69) is 17.6 Å². The Hall–Kier alpha value is -1.88. The fraction of sp³-hybridized carbons (Fsp3) is 0.500. The molecule has 1 aliphatic rings. The van der Waals surface area contributed by atoms with Gasteiger partial charge in [-0.2, -0.15) is 0 Å². The van der Waals surface area contributed by atoms with Gasteiger partial charge in [-0.05, 0) is 36.4 Å². The van der Waals surface area contributed by atoms with E-state index < -0.39 is 5.97 Å². The number of nitrogens with one attached hydrogen (secondary N) is 2. The van der Waals surface area contributed by atoms with Gasteiger partial charge in [0, 0.05) is 6.54 Å². The largest absolute Gasteiger partial charge is 0.481 e. The Morgan fingerprint density at radius 3 is 2.71 bits per heavy atom. The molecule has 0 aliphatic carbocycles. The van der Waals surface area contributed by atoms with Crippen LogP contribution in [0.5, 0.6) is 0 Å². The Balaban J connectivity index is 1.96. The van der Waals surface area contributed by atoms with Crippen molar-refractivity contribution in [1.29, 1.82) is 0 Å². The summed E-state index contributed by atoms with van der Waals surface area (Å²) in [6, 6.07) is 7.17. The number of piperidine rings is 1. The van der Waals surface area contributed by atoms with Gasteiger partial charge in [0.15, 0.2) is 0 Å². The van der Waals surface area contributed by atoms with Crippen LogP contribution < -0.4 is 10.6 Å². The molecule has 1 saturated heterocycles. The second kappa shape index (κ2) is 7.22. The highest BCUT2D eigenvalue weighted by Crippen LogP contribution is 2.16. The van der Waals surface area contributed by atoms with Gasteiger partial charge in [0.25, 0.3) is 0 Å². The molecule has 5 heteroatoms. The summed E-state index contributed by atoms with van der Waals surface area (Å²) in [7, 11) is 0. The normalized spacial score (nSPS) is 21.8. The lowest BCUT2D eigenvalue weighted by atomic mass is 9.92. The van der Waals surface area contributed by atoms with Gasteiger partial charge in [0.1, 0.15) is 0 Å². The molecule has 3 N–H and O–H groups in total. The van der Waals surface area contributed by atoms with Gasteiger partial charge in [-0.25, -0.2) is 0 Å². The lowest BCUT2D eigenvalue weighted by Gasteiger charge is -2.29. The molecule has 0 bridgehead atoms. The third-order valence-electron chi connectivity index (χ3n) is 3.97. The van der Waals surface area contributed by atoms with E-state index in [1.165, 1.54) is 0 Å². The van der Waals surface area contributed by atoms with Crippen LogP contribution in [-0.4, -0.2) is 29.6 Å². The van der Waals surface area contributed by atoms with Crippen LogP contribution >= 0.6 is 0 Å². The standard InChI is InChI=1S/C16H22N2O3/c1-11-5-4-8-17-15(11)16(21)18-10-13-7-3-2-6-12(13)9-14(19)20/h2-3,6-7,11,15,17H,4-5,8-10H2,1H3,(H,18,21)(H,19,20). The summed E-state index contributed by atoms with van der Waals surface area (Å²) >= 11 is 0. The minimum absolute atomic E-state index is 0.00710. The summed E-state index contributed by atoms with van der Waals surface area (Å²) in [5, 5.41) is 15.1. The average molecular weight is 290 g/mol. The monoisotopic (exact) mass is 290 g/mol. The van der Waals surface area contributed by atoms with E-state index in [9.17, 15) is 9.59 Å². The lowest BCUT2D eigenvalue weighted by Crippen LogP contribution is -2.50. The van der Waals surface area contributed by atoms with Crippen molar-refractivity contribution in [3.63, 3.8) is 0 Å². The molecule has 1 aromatic carbocycles. The maximum Gasteiger partial charge on any atom is 0.307 e. The molecule has 1 aliphatic heterocycles. The predicted octanol–water partition coefficient (Wildman–Crippen LogP) is 1.32. The van der Waals surface area contributed by atoms with E-state index in [1.807, 2.05) is 18.2 Å². The first-order valence-corrected chi connectivity index (χ1v) is 7.37. The van der Waals surface area contributed by atoms with E-state index in [4.69, 9.17) is 5.11 Å². The average Bonchev–Trinajstić information content (AvgIpc) is 2.46. The molecule has 1 amide bonds. The Morgan fingerprint density at radius 2 is 2.05 bits per heavy atom. The maximum absolute atomic E-state index is 12.2. The van der Waals surface area contributed by atoms with Gasteiger partial charge < -0.3 is 15.7 Å². The van der Waals surface area contributed by atoms with Crippen molar-refractivity contribution in [2.45, 2.75) is 38.8 Å². The topological polar surface area (TPSA) is 78.4 Å². The zero-order chi connectivity index (χ0) is 15.2. The summed E-state index contributed by atoms with van der Waals surface area (Å²) in [4.78, 5) is 23.1. The van der Waals surface area contributed by atoms with Crippen molar-refractivity contribution in [2.75, 3.05) is 6.54 Å². The number of carboxylic acid groups (broad SMARTS) is 1. The van der Waals surface area contributed by atoms with Crippen LogP contribution in [0, 0.1) is 5.92 Å². The number of carbonyl (C=O) groups excluding carboxylic acids is 1. The highest BCUT2D eigenvalue weighted by molar-refractivity contribution is 5.82. The quantitative estimate of drug-likeness (QED) is 0.764. The first-order valence-electron chi connectivity index (χ1n) is 7.37. The molecule has 1 heterocycles. The van der Waals surface area contributed by atoms with Gasteiger partial charge in [0.05, 0.1) is 12.5 Å². The number of carboxylic acids is 1. The molecule has 2 atom stereocenters. The Bertz CT molecular complexity index is 516. The van der Waals surface area contributed by atoms with Crippen LogP contribution in [0.2, 0.25) is 0 Å². The number of hydrogen-bond acceptors (Lipinski definition) is 3. The lowest BCUT2D eigenvalue weighted by molar-refractivity contribution is -0.136. The van der Waals surface area contributed by atoms with E-state index in [-0.39, 0.29) is 18.4 Å². The number of carbonyl (C=O) groups is 2. The number of aliphatic carboxylic acids is 1. The van der Waals surface area contributed by atoms with Gasteiger partial charge >= 0.3 is 5.97 Å². The molecule has 5 nitrogen and oxygen atoms in total. The van der Waals surface area contributed by atoms with Crippen molar-refractivity contribution in [3.8, 4) is 0 Å². The molecule has 1 aromatic rings. The Labute approximate surface area is 124 Å². The highest BCUT2D eigenvalue weighted by atomic mass is 16.4. The van der Waals surface area contributed by atoms with Crippen LogP contribution in [0.1, 0.15) is 30.9 Å². The number of benzene rings is 1. The fourth-order valence-corrected chi connectivity index (χ4v) is 2.76. The van der Waals surface area contributed by atoms with Gasteiger partial charge in [-0.15, -0.1) is 0 Å².